The van der Waals surface area contributed by atoms with Gasteiger partial charge in [-0.05, 0) is 37.6 Å². The van der Waals surface area contributed by atoms with Crippen molar-refractivity contribution in [2.45, 2.75) is 13.8 Å². The Morgan fingerprint density at radius 1 is 0.852 bits per heavy atom. The number of hydrogen-bond acceptors (Lipinski definition) is 4. The van der Waals surface area contributed by atoms with Crippen LogP contribution < -0.4 is 4.74 Å². The minimum absolute atomic E-state index is 0.678. The summed E-state index contributed by atoms with van der Waals surface area (Å²) < 4.78 is 7.35. The molecule has 5 nitrogen and oxygen atoms in total. The smallest absolute Gasteiger partial charge is 0.187 e. The first-order valence-corrected chi connectivity index (χ1v) is 8.76. The third-order valence-electron chi connectivity index (χ3n) is 4.40. The lowest BCUT2D eigenvalue weighted by atomic mass is 10.1. The van der Waals surface area contributed by atoms with Crippen molar-refractivity contribution in [1.82, 2.24) is 9.38 Å². The maximum atomic E-state index is 5.37. The molecule has 0 aliphatic heterocycles. The number of aromatic nitrogens is 2. The Labute approximate surface area is 158 Å². The van der Waals surface area contributed by atoms with E-state index in [0.29, 0.717) is 17.3 Å². The fourth-order valence-corrected chi connectivity index (χ4v) is 2.95. The molecule has 0 N–H and O–H groups in total. The Kier molecular flexibility index (Phi) is 4.42. The number of fused-ring (bicyclic) bond motifs is 1. The molecule has 27 heavy (non-hydrogen) atoms. The van der Waals surface area contributed by atoms with Gasteiger partial charge in [0.25, 0.3) is 0 Å². The molecule has 0 fully saturated rings. The maximum absolute atomic E-state index is 5.37. The van der Waals surface area contributed by atoms with Crippen molar-refractivity contribution in [2.24, 2.45) is 10.2 Å². The number of para-hydroxylation sites is 1. The van der Waals surface area contributed by atoms with E-state index in [4.69, 9.17) is 9.72 Å². The van der Waals surface area contributed by atoms with Crippen LogP contribution in [0.4, 0.5) is 11.5 Å². The molecule has 2 heterocycles. The normalized spacial score (nSPS) is 11.4. The van der Waals surface area contributed by atoms with E-state index in [0.717, 1.165) is 22.5 Å². The van der Waals surface area contributed by atoms with E-state index >= 15 is 0 Å². The molecule has 0 saturated heterocycles. The van der Waals surface area contributed by atoms with E-state index in [2.05, 4.69) is 41.4 Å². The lowest BCUT2D eigenvalue weighted by molar-refractivity contribution is 0.416. The van der Waals surface area contributed by atoms with Gasteiger partial charge in [-0.15, -0.1) is 10.2 Å². The Morgan fingerprint density at radius 3 is 2.37 bits per heavy atom. The maximum Gasteiger partial charge on any atom is 0.187 e. The molecule has 134 valence electrons. The molecular weight excluding hydrogens is 336 g/mol. The first-order chi connectivity index (χ1) is 13.2. The molecule has 0 aliphatic rings. The predicted molar refractivity (Wildman–Crippen MR) is 107 cm³/mol. The first-order valence-electron chi connectivity index (χ1n) is 8.76. The summed E-state index contributed by atoms with van der Waals surface area (Å²) in [5, 5.41) is 9.00. The Balaban J connectivity index is 1.89. The van der Waals surface area contributed by atoms with Crippen LogP contribution in [0.5, 0.6) is 5.75 Å². The molecular formula is C22H20N4O. The second kappa shape index (κ2) is 7.03. The Morgan fingerprint density at radius 2 is 1.59 bits per heavy atom. The zero-order valence-corrected chi connectivity index (χ0v) is 15.5. The summed E-state index contributed by atoms with van der Waals surface area (Å²) in [6.45, 7) is 4.12. The monoisotopic (exact) mass is 356 g/mol. The highest BCUT2D eigenvalue weighted by Crippen LogP contribution is 2.34. The predicted octanol–water partition coefficient (Wildman–Crippen LogP) is 6.04. The second-order valence-corrected chi connectivity index (χ2v) is 6.46. The van der Waals surface area contributed by atoms with Gasteiger partial charge >= 0.3 is 0 Å². The number of rotatable bonds is 4. The van der Waals surface area contributed by atoms with Crippen LogP contribution in [0, 0.1) is 13.8 Å². The van der Waals surface area contributed by atoms with Crippen LogP contribution >= 0.6 is 0 Å². The van der Waals surface area contributed by atoms with Crippen LogP contribution in [-0.2, 0) is 0 Å². The standard InChI is InChI=1S/C22H20N4O/c1-15-8-11-17(12-9-15)21-22(26-14-16(2)10-13-20(26)23-21)25-24-18-6-4-5-7-19(18)27-3/h4-14H,1-3H3. The van der Waals surface area contributed by atoms with Gasteiger partial charge in [-0.3, -0.25) is 4.40 Å². The molecule has 5 heteroatoms. The molecule has 4 aromatic rings. The van der Waals surface area contributed by atoms with Crippen LogP contribution in [-0.4, -0.2) is 16.5 Å². The number of azo groups is 1. The third kappa shape index (κ3) is 3.31. The van der Waals surface area contributed by atoms with Crippen molar-refractivity contribution in [3.05, 3.63) is 78.0 Å². The number of pyridine rings is 1. The molecule has 0 radical (unpaired) electrons. The van der Waals surface area contributed by atoms with Gasteiger partial charge < -0.3 is 4.74 Å². The molecule has 0 spiro atoms. The van der Waals surface area contributed by atoms with E-state index in [1.807, 2.05) is 53.9 Å². The molecule has 4 rings (SSSR count). The second-order valence-electron chi connectivity index (χ2n) is 6.46. The number of imidazole rings is 1. The van der Waals surface area contributed by atoms with Crippen molar-refractivity contribution in [3.8, 4) is 17.0 Å². The van der Waals surface area contributed by atoms with Gasteiger partial charge in [0.05, 0.1) is 7.11 Å². The van der Waals surface area contributed by atoms with Crippen molar-refractivity contribution < 1.29 is 4.74 Å². The quantitative estimate of drug-likeness (QED) is 0.418. The average molecular weight is 356 g/mol. The molecule has 0 saturated carbocycles. The number of ether oxygens (including phenoxy) is 1. The van der Waals surface area contributed by atoms with Gasteiger partial charge in [0.2, 0.25) is 0 Å². The number of hydrogen-bond donors (Lipinski definition) is 0. The lowest BCUT2D eigenvalue weighted by Crippen LogP contribution is -1.85. The summed E-state index contributed by atoms with van der Waals surface area (Å²) in [5.74, 6) is 1.38. The Hall–Kier alpha value is -3.47. The van der Waals surface area contributed by atoms with Crippen molar-refractivity contribution in [1.29, 1.82) is 0 Å². The topological polar surface area (TPSA) is 51.2 Å². The molecule has 2 aromatic carbocycles. The van der Waals surface area contributed by atoms with Crippen LogP contribution in [0.3, 0.4) is 0 Å². The van der Waals surface area contributed by atoms with E-state index in [1.54, 1.807) is 7.11 Å². The number of nitrogens with zero attached hydrogens (tertiary/aromatic N) is 4. The fraction of sp³-hybridized carbons (Fsp3) is 0.136. The van der Waals surface area contributed by atoms with Crippen LogP contribution in [0.1, 0.15) is 11.1 Å². The molecule has 0 bridgehead atoms. The minimum Gasteiger partial charge on any atom is -0.494 e. The zero-order chi connectivity index (χ0) is 18.8. The van der Waals surface area contributed by atoms with Gasteiger partial charge in [0, 0.05) is 11.8 Å². The van der Waals surface area contributed by atoms with Crippen molar-refractivity contribution in [2.75, 3.05) is 7.11 Å². The van der Waals surface area contributed by atoms with Gasteiger partial charge in [-0.2, -0.15) is 0 Å². The van der Waals surface area contributed by atoms with E-state index in [1.165, 1.54) is 5.56 Å². The van der Waals surface area contributed by atoms with Crippen molar-refractivity contribution >= 4 is 17.2 Å². The highest BCUT2D eigenvalue weighted by Gasteiger charge is 2.14. The van der Waals surface area contributed by atoms with Crippen LogP contribution in [0.2, 0.25) is 0 Å². The molecule has 0 amide bonds. The van der Waals surface area contributed by atoms with E-state index < -0.39 is 0 Å². The zero-order valence-electron chi connectivity index (χ0n) is 15.5. The third-order valence-corrected chi connectivity index (χ3v) is 4.40. The number of benzene rings is 2. The van der Waals surface area contributed by atoms with Crippen LogP contribution in [0.15, 0.2) is 77.1 Å². The lowest BCUT2D eigenvalue weighted by Gasteiger charge is -2.03. The van der Waals surface area contributed by atoms with Gasteiger partial charge in [-0.1, -0.05) is 48.0 Å². The minimum atomic E-state index is 0.678. The largest absolute Gasteiger partial charge is 0.494 e. The van der Waals surface area contributed by atoms with Crippen molar-refractivity contribution in [3.63, 3.8) is 0 Å². The van der Waals surface area contributed by atoms with Gasteiger partial charge in [0.1, 0.15) is 22.8 Å². The molecule has 0 unspecified atom stereocenters. The van der Waals surface area contributed by atoms with Gasteiger partial charge in [-0.25, -0.2) is 4.98 Å². The molecule has 0 aliphatic carbocycles. The summed E-state index contributed by atoms with van der Waals surface area (Å²) in [5.41, 5.74) is 5.66. The summed E-state index contributed by atoms with van der Waals surface area (Å²) in [4.78, 5) is 4.79. The fourth-order valence-electron chi connectivity index (χ4n) is 2.95. The van der Waals surface area contributed by atoms with E-state index in [9.17, 15) is 0 Å². The summed E-state index contributed by atoms with van der Waals surface area (Å²) in [6.07, 6.45) is 2.02. The van der Waals surface area contributed by atoms with E-state index in [-0.39, 0.29) is 0 Å². The number of methoxy groups -OCH3 is 1. The average Bonchev–Trinajstić information content (AvgIpc) is 3.04. The highest BCUT2D eigenvalue weighted by molar-refractivity contribution is 5.74. The summed E-state index contributed by atoms with van der Waals surface area (Å²) in [6, 6.07) is 19.9. The first kappa shape index (κ1) is 17.0. The van der Waals surface area contributed by atoms with Crippen LogP contribution in [0.25, 0.3) is 16.9 Å². The summed E-state index contributed by atoms with van der Waals surface area (Å²) >= 11 is 0. The highest BCUT2D eigenvalue weighted by atomic mass is 16.5. The Bertz CT molecular complexity index is 1130. The molecule has 2 aromatic heterocycles. The molecule has 0 atom stereocenters. The summed E-state index contributed by atoms with van der Waals surface area (Å²) in [7, 11) is 1.63. The SMILES string of the molecule is COc1ccccc1N=Nc1c(-c2ccc(C)cc2)nc2ccc(C)cn12. The number of aryl methyl sites for hydroxylation is 2. The van der Waals surface area contributed by atoms with Gasteiger partial charge in [0.15, 0.2) is 5.82 Å².